The number of hydrogen-bond acceptors (Lipinski definition) is 3. The van der Waals surface area contributed by atoms with E-state index in [1.54, 1.807) is 11.1 Å². The third-order valence-corrected chi connectivity index (χ3v) is 4.88. The third kappa shape index (κ3) is 3.96. The summed E-state index contributed by atoms with van der Waals surface area (Å²) in [4.78, 5) is 18.7. The molecule has 4 heteroatoms. The number of aromatic nitrogens is 1. The van der Waals surface area contributed by atoms with E-state index in [4.69, 9.17) is 4.42 Å². The Balaban J connectivity index is 1.38. The van der Waals surface area contributed by atoms with Gasteiger partial charge in [-0.25, -0.2) is 4.98 Å². The standard InChI is InChI=1S/C24H22N2O2/c1-26(17-20-12-7-11-18-8-5-6-13-21(18)20)24(27)15-14-23-25-16-22(28-23)19-9-3-2-4-10-19/h2-13,16H,14-15,17H2,1H3. The average molecular weight is 370 g/mol. The van der Waals surface area contributed by atoms with E-state index in [0.717, 1.165) is 16.9 Å². The van der Waals surface area contributed by atoms with Gasteiger partial charge in [-0.1, -0.05) is 72.8 Å². The first-order valence-electron chi connectivity index (χ1n) is 9.41. The van der Waals surface area contributed by atoms with Crippen molar-refractivity contribution >= 4 is 16.7 Å². The van der Waals surface area contributed by atoms with Gasteiger partial charge in [0.25, 0.3) is 0 Å². The van der Waals surface area contributed by atoms with Gasteiger partial charge in [-0.2, -0.15) is 0 Å². The van der Waals surface area contributed by atoms with Crippen LogP contribution >= 0.6 is 0 Å². The van der Waals surface area contributed by atoms with Crippen molar-refractivity contribution in [2.75, 3.05) is 7.05 Å². The van der Waals surface area contributed by atoms with Gasteiger partial charge in [0.05, 0.1) is 6.20 Å². The molecule has 0 aliphatic rings. The molecule has 1 aromatic heterocycles. The van der Waals surface area contributed by atoms with Crippen LogP contribution in [0.15, 0.2) is 83.4 Å². The zero-order chi connectivity index (χ0) is 19.3. The maximum absolute atomic E-state index is 12.6. The highest BCUT2D eigenvalue weighted by Gasteiger charge is 2.13. The molecule has 0 radical (unpaired) electrons. The van der Waals surface area contributed by atoms with E-state index < -0.39 is 0 Å². The Morgan fingerprint density at radius 3 is 2.57 bits per heavy atom. The molecule has 4 nitrogen and oxygen atoms in total. The molecule has 0 aliphatic carbocycles. The molecule has 0 saturated heterocycles. The van der Waals surface area contributed by atoms with Crippen LogP contribution in [0.3, 0.4) is 0 Å². The highest BCUT2D eigenvalue weighted by Crippen LogP contribution is 2.21. The van der Waals surface area contributed by atoms with E-state index in [1.807, 2.05) is 55.6 Å². The molecule has 1 amide bonds. The van der Waals surface area contributed by atoms with Crippen molar-refractivity contribution in [3.8, 4) is 11.3 Å². The van der Waals surface area contributed by atoms with Crippen LogP contribution in [0.5, 0.6) is 0 Å². The van der Waals surface area contributed by atoms with Crippen LogP contribution < -0.4 is 0 Å². The Morgan fingerprint density at radius 2 is 1.71 bits per heavy atom. The minimum atomic E-state index is 0.0763. The number of hydrogen-bond donors (Lipinski definition) is 0. The normalized spacial score (nSPS) is 10.9. The SMILES string of the molecule is CN(Cc1cccc2ccccc12)C(=O)CCc1ncc(-c2ccccc2)o1. The second kappa shape index (κ2) is 8.09. The Labute approximate surface area is 164 Å². The van der Waals surface area contributed by atoms with Gasteiger partial charge in [0.2, 0.25) is 5.91 Å². The minimum absolute atomic E-state index is 0.0763. The van der Waals surface area contributed by atoms with Gasteiger partial charge in [-0.15, -0.1) is 0 Å². The molecule has 4 aromatic rings. The summed E-state index contributed by atoms with van der Waals surface area (Å²) < 4.78 is 5.79. The van der Waals surface area contributed by atoms with E-state index in [1.165, 1.54) is 10.8 Å². The van der Waals surface area contributed by atoms with Crippen LogP contribution in [0.2, 0.25) is 0 Å². The molecule has 3 aromatic carbocycles. The topological polar surface area (TPSA) is 46.3 Å². The number of aryl methyl sites for hydroxylation is 1. The minimum Gasteiger partial charge on any atom is -0.441 e. The summed E-state index contributed by atoms with van der Waals surface area (Å²) in [5.74, 6) is 1.39. The number of carbonyl (C=O) groups excluding carboxylic acids is 1. The lowest BCUT2D eigenvalue weighted by molar-refractivity contribution is -0.130. The van der Waals surface area contributed by atoms with Gasteiger partial charge in [-0.05, 0) is 16.3 Å². The van der Waals surface area contributed by atoms with Gasteiger partial charge in [-0.3, -0.25) is 4.79 Å². The van der Waals surface area contributed by atoms with Crippen LogP contribution in [-0.2, 0) is 17.8 Å². The predicted molar refractivity (Wildman–Crippen MR) is 111 cm³/mol. The number of amides is 1. The quantitative estimate of drug-likeness (QED) is 0.475. The van der Waals surface area contributed by atoms with E-state index in [-0.39, 0.29) is 5.91 Å². The van der Waals surface area contributed by atoms with Gasteiger partial charge in [0.15, 0.2) is 11.7 Å². The molecule has 4 rings (SSSR count). The van der Waals surface area contributed by atoms with Crippen LogP contribution in [0.25, 0.3) is 22.1 Å². The van der Waals surface area contributed by atoms with Crippen LogP contribution in [-0.4, -0.2) is 22.8 Å². The summed E-state index contributed by atoms with van der Waals surface area (Å²) >= 11 is 0. The van der Waals surface area contributed by atoms with Crippen molar-refractivity contribution in [3.05, 3.63) is 90.4 Å². The van der Waals surface area contributed by atoms with E-state index >= 15 is 0 Å². The highest BCUT2D eigenvalue weighted by atomic mass is 16.4. The monoisotopic (exact) mass is 370 g/mol. The molecule has 0 bridgehead atoms. The maximum atomic E-state index is 12.6. The fourth-order valence-electron chi connectivity index (χ4n) is 3.34. The van der Waals surface area contributed by atoms with Crippen molar-refractivity contribution in [1.29, 1.82) is 0 Å². The van der Waals surface area contributed by atoms with Gasteiger partial charge in [0.1, 0.15) is 0 Å². The summed E-state index contributed by atoms with van der Waals surface area (Å²) in [6.45, 7) is 0.584. The van der Waals surface area contributed by atoms with E-state index in [0.29, 0.717) is 25.3 Å². The zero-order valence-corrected chi connectivity index (χ0v) is 15.8. The Hall–Kier alpha value is -3.40. The molecule has 140 valence electrons. The first-order chi connectivity index (χ1) is 13.7. The average Bonchev–Trinajstić information content (AvgIpc) is 3.22. The van der Waals surface area contributed by atoms with Crippen LogP contribution in [0.4, 0.5) is 0 Å². The lowest BCUT2D eigenvalue weighted by Gasteiger charge is -2.18. The molecular weight excluding hydrogens is 348 g/mol. The first kappa shape index (κ1) is 18.0. The smallest absolute Gasteiger partial charge is 0.223 e. The fourth-order valence-corrected chi connectivity index (χ4v) is 3.34. The third-order valence-electron chi connectivity index (χ3n) is 4.88. The van der Waals surface area contributed by atoms with Crippen LogP contribution in [0.1, 0.15) is 17.9 Å². The van der Waals surface area contributed by atoms with Gasteiger partial charge in [0, 0.05) is 32.0 Å². The van der Waals surface area contributed by atoms with Crippen LogP contribution in [0, 0.1) is 0 Å². The lowest BCUT2D eigenvalue weighted by Crippen LogP contribution is -2.26. The fraction of sp³-hybridized carbons (Fsp3) is 0.167. The highest BCUT2D eigenvalue weighted by molar-refractivity contribution is 5.86. The molecule has 28 heavy (non-hydrogen) atoms. The summed E-state index contributed by atoms with van der Waals surface area (Å²) in [5, 5.41) is 2.37. The largest absolute Gasteiger partial charge is 0.441 e. The molecule has 0 atom stereocenters. The number of oxazole rings is 1. The molecule has 1 heterocycles. The molecular formula is C24H22N2O2. The predicted octanol–water partition coefficient (Wildman–Crippen LogP) is 5.09. The Morgan fingerprint density at radius 1 is 0.964 bits per heavy atom. The Bertz CT molecular complexity index is 1080. The second-order valence-electron chi connectivity index (χ2n) is 6.87. The number of nitrogens with zero attached hydrogens (tertiary/aromatic N) is 2. The number of rotatable bonds is 6. The molecule has 0 fully saturated rings. The number of fused-ring (bicyclic) bond motifs is 1. The van der Waals surface area contributed by atoms with E-state index in [9.17, 15) is 4.79 Å². The summed E-state index contributed by atoms with van der Waals surface area (Å²) in [5.41, 5.74) is 2.14. The summed E-state index contributed by atoms with van der Waals surface area (Å²) in [7, 11) is 1.84. The first-order valence-corrected chi connectivity index (χ1v) is 9.41. The van der Waals surface area contributed by atoms with Crippen molar-refractivity contribution < 1.29 is 9.21 Å². The lowest BCUT2D eigenvalue weighted by atomic mass is 10.0. The summed E-state index contributed by atoms with van der Waals surface area (Å²) in [6.07, 6.45) is 2.58. The molecule has 0 saturated carbocycles. The molecule has 0 spiro atoms. The van der Waals surface area contributed by atoms with E-state index in [2.05, 4.69) is 29.2 Å². The van der Waals surface area contributed by atoms with Gasteiger partial charge >= 0.3 is 0 Å². The Kier molecular flexibility index (Phi) is 5.20. The molecule has 0 aliphatic heterocycles. The number of benzene rings is 3. The second-order valence-corrected chi connectivity index (χ2v) is 6.87. The molecule has 0 N–H and O–H groups in total. The zero-order valence-electron chi connectivity index (χ0n) is 15.8. The van der Waals surface area contributed by atoms with Crippen molar-refractivity contribution in [2.45, 2.75) is 19.4 Å². The van der Waals surface area contributed by atoms with Crippen molar-refractivity contribution in [2.24, 2.45) is 0 Å². The van der Waals surface area contributed by atoms with Crippen molar-refractivity contribution in [1.82, 2.24) is 9.88 Å². The molecule has 0 unspecified atom stereocenters. The summed E-state index contributed by atoms with van der Waals surface area (Å²) in [6, 6.07) is 24.3. The number of carbonyl (C=O) groups is 1. The maximum Gasteiger partial charge on any atom is 0.223 e. The van der Waals surface area contributed by atoms with Crippen molar-refractivity contribution in [3.63, 3.8) is 0 Å². The van der Waals surface area contributed by atoms with Gasteiger partial charge < -0.3 is 9.32 Å².